The zero-order valence-electron chi connectivity index (χ0n) is 19.6. The van der Waals surface area contributed by atoms with Crippen LogP contribution in [0.25, 0.3) is 21.3 Å². The fourth-order valence-corrected chi connectivity index (χ4v) is 6.04. The molecule has 1 aromatic carbocycles. The van der Waals surface area contributed by atoms with E-state index >= 15 is 0 Å². The number of aromatic amines is 1. The minimum atomic E-state index is -0.336. The number of thioether (sulfide) groups is 1. The third-order valence-corrected chi connectivity index (χ3v) is 8.44. The Labute approximate surface area is 205 Å². The Morgan fingerprint density at radius 1 is 1.15 bits per heavy atom. The summed E-state index contributed by atoms with van der Waals surface area (Å²) in [6.45, 7) is 7.23. The second-order valence-corrected chi connectivity index (χ2v) is 11.1. The fraction of sp³-hybridized carbons (Fsp3) is 0.375. The van der Waals surface area contributed by atoms with Crippen LogP contribution in [-0.4, -0.2) is 51.2 Å². The van der Waals surface area contributed by atoms with Gasteiger partial charge in [-0.25, -0.2) is 15.0 Å². The number of nitrogens with zero attached hydrogens (tertiary/aromatic N) is 5. The van der Waals surface area contributed by atoms with Gasteiger partial charge in [0.1, 0.15) is 10.7 Å². The topological polar surface area (TPSA) is 95.1 Å². The van der Waals surface area contributed by atoms with Crippen LogP contribution >= 0.6 is 23.1 Å². The lowest BCUT2D eigenvalue weighted by Gasteiger charge is -2.25. The number of amides is 1. The van der Waals surface area contributed by atoms with Crippen LogP contribution in [0.2, 0.25) is 0 Å². The largest absolute Gasteiger partial charge is 0.357 e. The highest BCUT2D eigenvalue weighted by Gasteiger charge is 2.30. The molecule has 0 aliphatic carbocycles. The maximum absolute atomic E-state index is 13.5. The molecule has 1 unspecified atom stereocenters. The molecule has 176 valence electrons. The van der Waals surface area contributed by atoms with Gasteiger partial charge in [0.2, 0.25) is 5.91 Å². The van der Waals surface area contributed by atoms with Gasteiger partial charge in [0, 0.05) is 25.0 Å². The van der Waals surface area contributed by atoms with Gasteiger partial charge in [0.05, 0.1) is 27.4 Å². The van der Waals surface area contributed by atoms with Crippen molar-refractivity contribution < 1.29 is 4.79 Å². The number of benzene rings is 1. The van der Waals surface area contributed by atoms with Crippen molar-refractivity contribution in [2.24, 2.45) is 0 Å². The monoisotopic (exact) mass is 494 g/mol. The molecular formula is C24H26N6O2S2. The molecule has 1 aliphatic rings. The fourth-order valence-electron chi connectivity index (χ4n) is 4.17. The van der Waals surface area contributed by atoms with Crippen molar-refractivity contribution in [1.29, 1.82) is 0 Å². The third kappa shape index (κ3) is 4.05. The van der Waals surface area contributed by atoms with Gasteiger partial charge in [-0.2, -0.15) is 0 Å². The maximum Gasteiger partial charge on any atom is 0.259 e. The summed E-state index contributed by atoms with van der Waals surface area (Å²) in [5.74, 6) is 2.34. The van der Waals surface area contributed by atoms with Crippen molar-refractivity contribution in [3.05, 3.63) is 50.9 Å². The van der Waals surface area contributed by atoms with Gasteiger partial charge in [-0.05, 0) is 44.9 Å². The molecule has 10 heteroatoms. The number of carbonyl (C=O) groups is 1. The first-order valence-electron chi connectivity index (χ1n) is 11.2. The van der Waals surface area contributed by atoms with E-state index in [1.165, 1.54) is 23.1 Å². The summed E-state index contributed by atoms with van der Waals surface area (Å²) >= 11 is 3.00. The molecule has 4 aromatic rings. The predicted molar refractivity (Wildman–Crippen MR) is 140 cm³/mol. The highest BCUT2D eigenvalue weighted by molar-refractivity contribution is 7.99. The third-order valence-electron chi connectivity index (χ3n) is 6.20. The normalized spacial score (nSPS) is 14.9. The summed E-state index contributed by atoms with van der Waals surface area (Å²) in [7, 11) is 1.99. The van der Waals surface area contributed by atoms with E-state index in [0.717, 1.165) is 45.1 Å². The van der Waals surface area contributed by atoms with Gasteiger partial charge in [-0.15, -0.1) is 23.1 Å². The number of aromatic nitrogens is 4. The molecule has 0 saturated carbocycles. The van der Waals surface area contributed by atoms with E-state index in [-0.39, 0.29) is 16.7 Å². The summed E-state index contributed by atoms with van der Waals surface area (Å²) in [5, 5.41) is 0.328. The van der Waals surface area contributed by atoms with Gasteiger partial charge in [-0.1, -0.05) is 12.1 Å². The highest BCUT2D eigenvalue weighted by atomic mass is 32.2. The van der Waals surface area contributed by atoms with Crippen LogP contribution in [-0.2, 0) is 10.5 Å². The van der Waals surface area contributed by atoms with E-state index in [1.54, 1.807) is 4.90 Å². The zero-order valence-corrected chi connectivity index (χ0v) is 21.2. The van der Waals surface area contributed by atoms with Gasteiger partial charge < -0.3 is 9.88 Å². The molecule has 5 rings (SSSR count). The van der Waals surface area contributed by atoms with Crippen molar-refractivity contribution in [2.75, 3.05) is 29.9 Å². The van der Waals surface area contributed by atoms with Crippen LogP contribution in [0.3, 0.4) is 0 Å². The molecule has 0 radical (unpaired) electrons. The number of anilines is 2. The molecule has 34 heavy (non-hydrogen) atoms. The van der Waals surface area contributed by atoms with Crippen LogP contribution in [0.4, 0.5) is 11.6 Å². The Hall–Kier alpha value is -2.98. The van der Waals surface area contributed by atoms with Gasteiger partial charge >= 0.3 is 0 Å². The number of para-hydroxylation sites is 2. The van der Waals surface area contributed by atoms with Crippen molar-refractivity contribution >= 4 is 61.9 Å². The van der Waals surface area contributed by atoms with Crippen LogP contribution in [0.15, 0.2) is 29.1 Å². The number of nitrogens with one attached hydrogen (secondary N) is 1. The lowest BCUT2D eigenvalue weighted by Crippen LogP contribution is -2.38. The first-order valence-corrected chi connectivity index (χ1v) is 13.1. The average Bonchev–Trinajstić information content (AvgIpc) is 3.02. The van der Waals surface area contributed by atoms with Gasteiger partial charge in [0.25, 0.3) is 5.56 Å². The molecule has 1 aliphatic heterocycles. The van der Waals surface area contributed by atoms with Crippen molar-refractivity contribution in [3.8, 4) is 0 Å². The van der Waals surface area contributed by atoms with E-state index < -0.39 is 0 Å². The molecule has 0 fully saturated rings. The summed E-state index contributed by atoms with van der Waals surface area (Å²) in [4.78, 5) is 49.0. The van der Waals surface area contributed by atoms with E-state index in [4.69, 9.17) is 9.97 Å². The second-order valence-electron chi connectivity index (χ2n) is 8.55. The number of carbonyl (C=O) groups excluding carboxylic acids is 1. The van der Waals surface area contributed by atoms with E-state index in [2.05, 4.69) is 14.9 Å². The van der Waals surface area contributed by atoms with Gasteiger partial charge in [-0.3, -0.25) is 14.5 Å². The van der Waals surface area contributed by atoms with Crippen LogP contribution in [0.1, 0.15) is 29.6 Å². The van der Waals surface area contributed by atoms with Crippen molar-refractivity contribution in [1.82, 2.24) is 19.9 Å². The number of fused-ring (bicyclic) bond motifs is 3. The lowest BCUT2D eigenvalue weighted by molar-refractivity contribution is -0.117. The SMILES string of the molecule is Cc1sc2nc(CSC(C)C(=O)N3CCCN(C)c4nc5ccccc5nc43)[nH]c(=O)c2c1C. The maximum atomic E-state index is 13.5. The zero-order chi connectivity index (χ0) is 24.0. The first kappa shape index (κ1) is 22.8. The lowest BCUT2D eigenvalue weighted by atomic mass is 10.2. The summed E-state index contributed by atoms with van der Waals surface area (Å²) < 4.78 is 0. The number of H-pyrrole nitrogens is 1. The van der Waals surface area contributed by atoms with Crippen LogP contribution in [0, 0.1) is 13.8 Å². The Morgan fingerprint density at radius 3 is 2.59 bits per heavy atom. The standard InChI is InChI=1S/C24H26N6O2S2/c1-13-14(2)34-23-19(13)22(31)27-18(28-23)12-33-15(3)24(32)30-11-7-10-29(4)20-21(30)26-17-9-6-5-8-16(17)25-20/h5-6,8-9,15H,7,10-12H2,1-4H3,(H,27,28,31). The summed E-state index contributed by atoms with van der Waals surface area (Å²) in [6, 6.07) is 7.72. The predicted octanol–water partition coefficient (Wildman–Crippen LogP) is 4.04. The molecule has 3 aromatic heterocycles. The minimum Gasteiger partial charge on any atom is -0.357 e. The average molecular weight is 495 g/mol. The molecule has 4 heterocycles. The van der Waals surface area contributed by atoms with E-state index in [1.807, 2.05) is 52.1 Å². The minimum absolute atomic E-state index is 0.0163. The number of aryl methyl sites for hydroxylation is 2. The quantitative estimate of drug-likeness (QED) is 0.457. The van der Waals surface area contributed by atoms with Gasteiger partial charge in [0.15, 0.2) is 11.6 Å². The molecule has 1 N–H and O–H groups in total. The molecule has 1 atom stereocenters. The van der Waals surface area contributed by atoms with Crippen LogP contribution in [0.5, 0.6) is 0 Å². The van der Waals surface area contributed by atoms with Crippen molar-refractivity contribution in [2.45, 2.75) is 38.2 Å². The Kier molecular flexibility index (Phi) is 6.03. The molecule has 1 amide bonds. The molecule has 8 nitrogen and oxygen atoms in total. The number of hydrogen-bond donors (Lipinski definition) is 1. The molecular weight excluding hydrogens is 468 g/mol. The molecule has 0 spiro atoms. The number of rotatable bonds is 4. The Morgan fingerprint density at radius 2 is 1.85 bits per heavy atom. The summed E-state index contributed by atoms with van der Waals surface area (Å²) in [5.41, 5.74) is 2.45. The molecule has 0 saturated heterocycles. The van der Waals surface area contributed by atoms with E-state index in [9.17, 15) is 9.59 Å². The van der Waals surface area contributed by atoms with E-state index in [0.29, 0.717) is 29.3 Å². The summed E-state index contributed by atoms with van der Waals surface area (Å²) in [6.07, 6.45) is 0.830. The highest BCUT2D eigenvalue weighted by Crippen LogP contribution is 2.32. The molecule has 0 bridgehead atoms. The first-order chi connectivity index (χ1) is 16.3. The van der Waals surface area contributed by atoms with Crippen LogP contribution < -0.4 is 15.4 Å². The van der Waals surface area contributed by atoms with Crippen molar-refractivity contribution in [3.63, 3.8) is 0 Å². The number of thiophene rings is 1. The Bertz CT molecular complexity index is 1460. The number of hydrogen-bond acceptors (Lipinski definition) is 8. The second kappa shape index (κ2) is 8.99. The smallest absolute Gasteiger partial charge is 0.259 e. The Balaban J connectivity index is 1.39.